The van der Waals surface area contributed by atoms with Crippen LogP contribution in [-0.4, -0.2) is 36.5 Å². The van der Waals surface area contributed by atoms with E-state index in [0.29, 0.717) is 12.5 Å². The summed E-state index contributed by atoms with van der Waals surface area (Å²) in [6.07, 6.45) is 1.47. The summed E-state index contributed by atoms with van der Waals surface area (Å²) in [4.78, 5) is 14.2. The van der Waals surface area contributed by atoms with Crippen molar-refractivity contribution in [3.8, 4) is 0 Å². The molecule has 0 bridgehead atoms. The molecule has 1 N–H and O–H groups in total. The van der Waals surface area contributed by atoms with E-state index in [0.717, 1.165) is 26.1 Å². The minimum absolute atomic E-state index is 0.284. The lowest BCUT2D eigenvalue weighted by Crippen LogP contribution is -2.52. The van der Waals surface area contributed by atoms with Crippen LogP contribution in [-0.2, 0) is 11.2 Å². The largest absolute Gasteiger partial charge is 0.337 e. The molecule has 1 amide bonds. The fourth-order valence-electron chi connectivity index (χ4n) is 2.49. The van der Waals surface area contributed by atoms with Gasteiger partial charge < -0.3 is 10.2 Å². The number of amides is 1. The maximum absolute atomic E-state index is 12.2. The van der Waals surface area contributed by atoms with Crippen LogP contribution in [0.25, 0.3) is 0 Å². The van der Waals surface area contributed by atoms with Crippen LogP contribution in [0.15, 0.2) is 24.3 Å². The van der Waals surface area contributed by atoms with Gasteiger partial charge in [0.2, 0.25) is 5.91 Å². The zero-order valence-corrected chi connectivity index (χ0v) is 11.3. The summed E-state index contributed by atoms with van der Waals surface area (Å²) in [5, 5.41) is 3.31. The van der Waals surface area contributed by atoms with Gasteiger partial charge in [-0.3, -0.25) is 4.79 Å². The third kappa shape index (κ3) is 3.10. The van der Waals surface area contributed by atoms with Crippen LogP contribution in [0.4, 0.5) is 0 Å². The van der Waals surface area contributed by atoms with Crippen molar-refractivity contribution in [3.05, 3.63) is 35.4 Å². The van der Waals surface area contributed by atoms with Gasteiger partial charge in [-0.25, -0.2) is 0 Å². The average Bonchev–Trinajstić information content (AvgIpc) is 2.38. The van der Waals surface area contributed by atoms with Gasteiger partial charge in [0.05, 0.1) is 0 Å². The van der Waals surface area contributed by atoms with E-state index in [4.69, 9.17) is 0 Å². The summed E-state index contributed by atoms with van der Waals surface area (Å²) in [6, 6.07) is 8.62. The van der Waals surface area contributed by atoms with Crippen LogP contribution in [0.3, 0.4) is 0 Å². The first-order valence-corrected chi connectivity index (χ1v) is 6.73. The average molecular weight is 246 g/mol. The zero-order chi connectivity index (χ0) is 13.0. The van der Waals surface area contributed by atoms with Crippen LogP contribution in [0.5, 0.6) is 0 Å². The van der Waals surface area contributed by atoms with E-state index in [-0.39, 0.29) is 5.91 Å². The highest BCUT2D eigenvalue weighted by Gasteiger charge is 2.22. The Hall–Kier alpha value is -1.35. The first-order valence-electron chi connectivity index (χ1n) is 6.73. The zero-order valence-electron chi connectivity index (χ0n) is 11.3. The van der Waals surface area contributed by atoms with Crippen molar-refractivity contribution < 1.29 is 4.79 Å². The molecule has 0 aliphatic carbocycles. The Kier molecular flexibility index (Phi) is 4.37. The molecule has 0 unspecified atom stereocenters. The van der Waals surface area contributed by atoms with Gasteiger partial charge in [-0.05, 0) is 31.4 Å². The molecule has 1 atom stereocenters. The molecular weight excluding hydrogens is 224 g/mol. The molecule has 1 aromatic carbocycles. The molecule has 2 rings (SSSR count). The van der Waals surface area contributed by atoms with E-state index in [2.05, 4.69) is 31.3 Å². The standard InChI is InChI=1S/C15H22N2O/c1-12-5-3-4-6-14(12)7-8-15(18)17-10-9-16-11-13(17)2/h3-6,13,16H,7-11H2,1-2H3/t13-/m1/s1. The second kappa shape index (κ2) is 6.01. The normalized spacial score (nSPS) is 19.9. The van der Waals surface area contributed by atoms with Gasteiger partial charge in [-0.1, -0.05) is 24.3 Å². The Labute approximate surface area is 109 Å². The van der Waals surface area contributed by atoms with Crippen LogP contribution in [0, 0.1) is 6.92 Å². The molecule has 0 aromatic heterocycles. The molecule has 18 heavy (non-hydrogen) atoms. The number of benzene rings is 1. The molecule has 0 saturated carbocycles. The minimum Gasteiger partial charge on any atom is -0.337 e. The lowest BCUT2D eigenvalue weighted by atomic mass is 10.0. The van der Waals surface area contributed by atoms with Crippen LogP contribution in [0.2, 0.25) is 0 Å². The monoisotopic (exact) mass is 246 g/mol. The second-order valence-corrected chi connectivity index (χ2v) is 5.07. The number of nitrogens with zero attached hydrogens (tertiary/aromatic N) is 1. The Morgan fingerprint density at radius 2 is 2.22 bits per heavy atom. The summed E-state index contributed by atoms with van der Waals surface area (Å²) in [5.74, 6) is 0.284. The van der Waals surface area contributed by atoms with Gasteiger partial charge >= 0.3 is 0 Å². The summed E-state index contributed by atoms with van der Waals surface area (Å²) in [7, 11) is 0. The Bertz CT molecular complexity index is 417. The highest BCUT2D eigenvalue weighted by molar-refractivity contribution is 5.77. The number of hydrogen-bond acceptors (Lipinski definition) is 2. The van der Waals surface area contributed by atoms with E-state index in [1.54, 1.807) is 0 Å². The predicted octanol–water partition coefficient (Wildman–Crippen LogP) is 1.75. The SMILES string of the molecule is Cc1ccccc1CCC(=O)N1CCNC[C@H]1C. The molecule has 1 aliphatic heterocycles. The first-order chi connectivity index (χ1) is 8.68. The van der Waals surface area contributed by atoms with Crippen molar-refractivity contribution >= 4 is 5.91 Å². The van der Waals surface area contributed by atoms with Crippen LogP contribution >= 0.6 is 0 Å². The van der Waals surface area contributed by atoms with Crippen molar-refractivity contribution in [3.63, 3.8) is 0 Å². The molecule has 1 aliphatic rings. The van der Waals surface area contributed by atoms with E-state index >= 15 is 0 Å². The Morgan fingerprint density at radius 1 is 1.44 bits per heavy atom. The third-order valence-electron chi connectivity index (χ3n) is 3.69. The van der Waals surface area contributed by atoms with Crippen molar-refractivity contribution in [2.75, 3.05) is 19.6 Å². The summed E-state index contributed by atoms with van der Waals surface area (Å²) >= 11 is 0. The fraction of sp³-hybridized carbons (Fsp3) is 0.533. The van der Waals surface area contributed by atoms with Crippen molar-refractivity contribution in [1.82, 2.24) is 10.2 Å². The van der Waals surface area contributed by atoms with E-state index in [1.807, 2.05) is 17.0 Å². The van der Waals surface area contributed by atoms with Gasteiger partial charge in [-0.15, -0.1) is 0 Å². The van der Waals surface area contributed by atoms with Gasteiger partial charge in [0.1, 0.15) is 0 Å². The van der Waals surface area contributed by atoms with Gasteiger partial charge in [-0.2, -0.15) is 0 Å². The van der Waals surface area contributed by atoms with Crippen molar-refractivity contribution in [2.24, 2.45) is 0 Å². The lowest BCUT2D eigenvalue weighted by molar-refractivity contribution is -0.133. The van der Waals surface area contributed by atoms with Crippen molar-refractivity contribution in [1.29, 1.82) is 0 Å². The fourth-order valence-corrected chi connectivity index (χ4v) is 2.49. The predicted molar refractivity (Wildman–Crippen MR) is 73.5 cm³/mol. The molecule has 1 heterocycles. The molecule has 1 saturated heterocycles. The molecule has 3 heteroatoms. The number of aryl methyl sites for hydroxylation is 2. The van der Waals surface area contributed by atoms with Gasteiger partial charge in [0.15, 0.2) is 0 Å². The lowest BCUT2D eigenvalue weighted by Gasteiger charge is -2.34. The Morgan fingerprint density at radius 3 is 2.94 bits per heavy atom. The number of piperazine rings is 1. The van der Waals surface area contributed by atoms with Crippen molar-refractivity contribution in [2.45, 2.75) is 32.7 Å². The van der Waals surface area contributed by atoms with E-state index in [9.17, 15) is 4.79 Å². The Balaban J connectivity index is 1.90. The number of carbonyl (C=O) groups excluding carboxylic acids is 1. The maximum Gasteiger partial charge on any atom is 0.223 e. The number of rotatable bonds is 3. The number of hydrogen-bond donors (Lipinski definition) is 1. The van der Waals surface area contributed by atoms with Gasteiger partial charge in [0, 0.05) is 32.1 Å². The molecule has 1 fully saturated rings. The smallest absolute Gasteiger partial charge is 0.223 e. The second-order valence-electron chi connectivity index (χ2n) is 5.07. The quantitative estimate of drug-likeness (QED) is 0.881. The molecule has 3 nitrogen and oxygen atoms in total. The molecule has 0 radical (unpaired) electrons. The molecule has 0 spiro atoms. The van der Waals surface area contributed by atoms with E-state index in [1.165, 1.54) is 11.1 Å². The highest BCUT2D eigenvalue weighted by Crippen LogP contribution is 2.12. The van der Waals surface area contributed by atoms with E-state index < -0.39 is 0 Å². The summed E-state index contributed by atoms with van der Waals surface area (Å²) in [5.41, 5.74) is 2.56. The number of nitrogens with one attached hydrogen (secondary N) is 1. The minimum atomic E-state index is 0.284. The maximum atomic E-state index is 12.2. The molecular formula is C15H22N2O. The number of carbonyl (C=O) groups is 1. The van der Waals surface area contributed by atoms with Gasteiger partial charge in [0.25, 0.3) is 0 Å². The van der Waals surface area contributed by atoms with Crippen LogP contribution in [0.1, 0.15) is 24.5 Å². The first kappa shape index (κ1) is 13.1. The van der Waals surface area contributed by atoms with Crippen LogP contribution < -0.4 is 5.32 Å². The topological polar surface area (TPSA) is 32.3 Å². The molecule has 1 aromatic rings. The summed E-state index contributed by atoms with van der Waals surface area (Å²) in [6.45, 7) is 6.88. The highest BCUT2D eigenvalue weighted by atomic mass is 16.2. The third-order valence-corrected chi connectivity index (χ3v) is 3.69. The molecule has 98 valence electrons. The summed E-state index contributed by atoms with van der Waals surface area (Å²) < 4.78 is 0.